The molecule has 0 amide bonds. The number of aliphatic carboxylic acids is 1. The van der Waals surface area contributed by atoms with Gasteiger partial charge in [-0.2, -0.15) is 0 Å². The third kappa shape index (κ3) is 3.62. The second-order valence-electron chi connectivity index (χ2n) is 4.56. The molecule has 0 saturated carbocycles. The van der Waals surface area contributed by atoms with E-state index in [4.69, 9.17) is 5.11 Å². The Morgan fingerprint density at radius 3 is 2.58 bits per heavy atom. The smallest absolute Gasteiger partial charge is 0.309 e. The topological polar surface area (TPSA) is 53.4 Å². The van der Waals surface area contributed by atoms with Gasteiger partial charge in [-0.25, -0.2) is 4.98 Å². The third-order valence-electron chi connectivity index (χ3n) is 2.58. The lowest BCUT2D eigenvalue weighted by Crippen LogP contribution is -2.12. The Balaban J connectivity index is 2.36. The summed E-state index contributed by atoms with van der Waals surface area (Å²) in [5.74, 6) is -0.843. The molecule has 1 aromatic carbocycles. The predicted octanol–water partition coefficient (Wildman–Crippen LogP) is 2.50. The fraction of sp³-hybridized carbons (Fsp3) is 0.286. The number of aromatic nitrogens is 1. The Morgan fingerprint density at radius 2 is 2.00 bits per heavy atom. The highest BCUT2D eigenvalue weighted by Crippen LogP contribution is 2.29. The van der Waals surface area contributed by atoms with Crippen molar-refractivity contribution in [1.29, 1.82) is 0 Å². The van der Waals surface area contributed by atoms with E-state index in [9.17, 15) is 4.79 Å². The first-order chi connectivity index (χ1) is 9.06. The van der Waals surface area contributed by atoms with Gasteiger partial charge in [0.15, 0.2) is 0 Å². The molecule has 0 aliphatic carbocycles. The summed E-state index contributed by atoms with van der Waals surface area (Å²) in [6.45, 7) is 0.715. The molecule has 1 heterocycles. The molecule has 4 nitrogen and oxygen atoms in total. The van der Waals surface area contributed by atoms with Crippen LogP contribution in [0.15, 0.2) is 30.3 Å². The van der Waals surface area contributed by atoms with Gasteiger partial charge in [-0.15, -0.1) is 11.3 Å². The Hall–Kier alpha value is -1.72. The maximum atomic E-state index is 10.9. The first-order valence-electron chi connectivity index (χ1n) is 5.97. The van der Waals surface area contributed by atoms with Crippen LogP contribution < -0.4 is 0 Å². The SMILES string of the molecule is CN(C)Cc1sc(-c2ccccc2)nc1CC(=O)O. The molecule has 100 valence electrons. The van der Waals surface area contributed by atoms with E-state index >= 15 is 0 Å². The maximum Gasteiger partial charge on any atom is 0.309 e. The number of benzene rings is 1. The highest BCUT2D eigenvalue weighted by Gasteiger charge is 2.15. The summed E-state index contributed by atoms with van der Waals surface area (Å²) in [4.78, 5) is 18.4. The van der Waals surface area contributed by atoms with Crippen molar-refractivity contribution in [2.24, 2.45) is 0 Å². The molecule has 0 atom stereocenters. The fourth-order valence-electron chi connectivity index (χ4n) is 1.78. The van der Waals surface area contributed by atoms with Crippen LogP contribution in [0.4, 0.5) is 0 Å². The highest BCUT2D eigenvalue weighted by atomic mass is 32.1. The first kappa shape index (κ1) is 13.7. The van der Waals surface area contributed by atoms with Crippen LogP contribution in [0.1, 0.15) is 10.6 Å². The Labute approximate surface area is 116 Å². The standard InChI is InChI=1S/C14H16N2O2S/c1-16(2)9-12-11(8-13(17)18)15-14(19-12)10-6-4-3-5-7-10/h3-7H,8-9H2,1-2H3,(H,17,18). The summed E-state index contributed by atoms with van der Waals surface area (Å²) in [5, 5.41) is 9.84. The number of hydrogen-bond acceptors (Lipinski definition) is 4. The van der Waals surface area contributed by atoms with Crippen molar-refractivity contribution >= 4 is 17.3 Å². The number of thiazole rings is 1. The van der Waals surface area contributed by atoms with Crippen molar-refractivity contribution in [2.45, 2.75) is 13.0 Å². The molecular weight excluding hydrogens is 260 g/mol. The average molecular weight is 276 g/mol. The molecule has 19 heavy (non-hydrogen) atoms. The second-order valence-corrected chi connectivity index (χ2v) is 5.65. The van der Waals surface area contributed by atoms with Crippen LogP contribution in [-0.2, 0) is 17.8 Å². The molecule has 2 aromatic rings. The minimum absolute atomic E-state index is 0.0213. The van der Waals surface area contributed by atoms with Crippen LogP contribution in [0.5, 0.6) is 0 Å². The first-order valence-corrected chi connectivity index (χ1v) is 6.78. The quantitative estimate of drug-likeness (QED) is 0.911. The summed E-state index contributed by atoms with van der Waals surface area (Å²) < 4.78 is 0. The van der Waals surface area contributed by atoms with E-state index in [2.05, 4.69) is 4.98 Å². The van der Waals surface area contributed by atoms with Gasteiger partial charge in [0.25, 0.3) is 0 Å². The molecule has 0 fully saturated rings. The van der Waals surface area contributed by atoms with Gasteiger partial charge in [-0.3, -0.25) is 4.79 Å². The molecular formula is C14H16N2O2S. The Morgan fingerprint density at radius 1 is 1.32 bits per heavy atom. The van der Waals surface area contributed by atoms with Gasteiger partial charge < -0.3 is 10.0 Å². The lowest BCUT2D eigenvalue weighted by molar-refractivity contribution is -0.136. The van der Waals surface area contributed by atoms with Crippen molar-refractivity contribution in [3.05, 3.63) is 40.9 Å². The van der Waals surface area contributed by atoms with Crippen LogP contribution in [0.2, 0.25) is 0 Å². The summed E-state index contributed by atoms with van der Waals surface area (Å²) in [6.07, 6.45) is -0.0213. The second kappa shape index (κ2) is 5.95. The van der Waals surface area contributed by atoms with Gasteiger partial charge in [0.1, 0.15) is 5.01 Å². The van der Waals surface area contributed by atoms with Gasteiger partial charge in [-0.05, 0) is 14.1 Å². The Bertz CT molecular complexity index is 564. The Kier molecular flexibility index (Phi) is 4.29. The summed E-state index contributed by atoms with van der Waals surface area (Å²) in [5.41, 5.74) is 1.70. The van der Waals surface area contributed by atoms with Crippen molar-refractivity contribution in [3.63, 3.8) is 0 Å². The van der Waals surface area contributed by atoms with Gasteiger partial charge >= 0.3 is 5.97 Å². The van der Waals surface area contributed by atoms with Gasteiger partial charge in [0.2, 0.25) is 0 Å². The van der Waals surface area contributed by atoms with E-state index in [1.54, 1.807) is 11.3 Å². The molecule has 0 bridgehead atoms. The molecule has 1 aromatic heterocycles. The summed E-state index contributed by atoms with van der Waals surface area (Å²) >= 11 is 1.57. The molecule has 2 rings (SSSR count). The van der Waals surface area contributed by atoms with Gasteiger partial charge in [0.05, 0.1) is 12.1 Å². The minimum Gasteiger partial charge on any atom is -0.481 e. The highest BCUT2D eigenvalue weighted by molar-refractivity contribution is 7.15. The van der Waals surface area contributed by atoms with Gasteiger partial charge in [-0.1, -0.05) is 30.3 Å². The molecule has 0 aliphatic heterocycles. The zero-order valence-corrected chi connectivity index (χ0v) is 11.8. The average Bonchev–Trinajstić information content (AvgIpc) is 2.72. The maximum absolute atomic E-state index is 10.9. The van der Waals surface area contributed by atoms with Crippen LogP contribution >= 0.6 is 11.3 Å². The van der Waals surface area contributed by atoms with Crippen LogP contribution in [0, 0.1) is 0 Å². The molecule has 1 N–H and O–H groups in total. The van der Waals surface area contributed by atoms with Crippen molar-refractivity contribution < 1.29 is 9.90 Å². The van der Waals surface area contributed by atoms with Crippen molar-refractivity contribution in [2.75, 3.05) is 14.1 Å². The zero-order valence-electron chi connectivity index (χ0n) is 11.0. The number of carboxylic acids is 1. The third-order valence-corrected chi connectivity index (χ3v) is 3.71. The monoisotopic (exact) mass is 276 g/mol. The molecule has 5 heteroatoms. The summed E-state index contributed by atoms with van der Waals surface area (Å²) in [7, 11) is 3.93. The van der Waals surface area contributed by atoms with Crippen molar-refractivity contribution in [1.82, 2.24) is 9.88 Å². The van der Waals surface area contributed by atoms with Crippen LogP contribution in [0.25, 0.3) is 10.6 Å². The van der Waals surface area contributed by atoms with Crippen molar-refractivity contribution in [3.8, 4) is 10.6 Å². The van der Waals surface area contributed by atoms with Crippen LogP contribution in [0.3, 0.4) is 0 Å². The van der Waals surface area contributed by atoms with E-state index in [0.29, 0.717) is 12.2 Å². The number of rotatable bonds is 5. The van der Waals surface area contributed by atoms with Crippen LogP contribution in [-0.4, -0.2) is 35.1 Å². The van der Waals surface area contributed by atoms with Gasteiger partial charge in [0, 0.05) is 17.0 Å². The molecule has 0 radical (unpaired) electrons. The normalized spacial score (nSPS) is 10.9. The number of carboxylic acid groups (broad SMARTS) is 1. The van der Waals surface area contributed by atoms with E-state index in [0.717, 1.165) is 15.4 Å². The number of carbonyl (C=O) groups is 1. The van der Waals surface area contributed by atoms with E-state index < -0.39 is 5.97 Å². The predicted molar refractivity (Wildman–Crippen MR) is 76.3 cm³/mol. The summed E-state index contributed by atoms with van der Waals surface area (Å²) in [6, 6.07) is 9.85. The molecule has 0 saturated heterocycles. The minimum atomic E-state index is -0.843. The number of hydrogen-bond donors (Lipinski definition) is 1. The lowest BCUT2D eigenvalue weighted by Gasteiger charge is -2.07. The largest absolute Gasteiger partial charge is 0.481 e. The molecule has 0 aliphatic rings. The number of nitrogens with zero attached hydrogens (tertiary/aromatic N) is 2. The molecule has 0 unspecified atom stereocenters. The zero-order chi connectivity index (χ0) is 13.8. The molecule has 0 spiro atoms. The van der Waals surface area contributed by atoms with E-state index in [1.807, 2.05) is 49.3 Å². The lowest BCUT2D eigenvalue weighted by atomic mass is 10.2. The van der Waals surface area contributed by atoms with E-state index in [-0.39, 0.29) is 6.42 Å². The van der Waals surface area contributed by atoms with E-state index in [1.165, 1.54) is 0 Å². The fourth-order valence-corrected chi connectivity index (χ4v) is 2.98.